The van der Waals surface area contributed by atoms with Crippen LogP contribution in [-0.4, -0.2) is 39.3 Å². The first-order valence-corrected chi connectivity index (χ1v) is 4.77. The second-order valence-electron chi connectivity index (χ2n) is 2.84. The zero-order valence-electron chi connectivity index (χ0n) is 8.56. The van der Waals surface area contributed by atoms with Crippen molar-refractivity contribution in [3.05, 3.63) is 0 Å². The molecule has 0 aliphatic rings. The molecule has 0 spiro atoms. The molecule has 1 amide bonds. The topological polar surface area (TPSA) is 50.4 Å². The Morgan fingerprint density at radius 1 is 1.31 bits per heavy atom. The van der Waals surface area contributed by atoms with Crippen LogP contribution in [0.4, 0.5) is 0 Å². The van der Waals surface area contributed by atoms with Crippen molar-refractivity contribution >= 4 is 5.91 Å². The second kappa shape index (κ2) is 9.48. The Morgan fingerprint density at radius 2 is 2.00 bits per heavy atom. The van der Waals surface area contributed by atoms with Crippen LogP contribution in [0, 0.1) is 0 Å². The molecular weight excluding hydrogens is 168 g/mol. The van der Waals surface area contributed by atoms with Crippen LogP contribution in [0.3, 0.4) is 0 Å². The van der Waals surface area contributed by atoms with Crippen LogP contribution in [-0.2, 0) is 9.53 Å². The molecule has 13 heavy (non-hydrogen) atoms. The Labute approximate surface area is 80.0 Å². The molecule has 0 rings (SSSR count). The van der Waals surface area contributed by atoms with Crippen LogP contribution < -0.4 is 10.6 Å². The fraction of sp³-hybridized carbons (Fsp3) is 0.889. The third-order valence-electron chi connectivity index (χ3n) is 1.63. The minimum Gasteiger partial charge on any atom is -0.375 e. The predicted molar refractivity (Wildman–Crippen MR) is 52.7 cm³/mol. The lowest BCUT2D eigenvalue weighted by molar-refractivity contribution is -0.124. The lowest BCUT2D eigenvalue weighted by atomic mass is 10.3. The van der Waals surface area contributed by atoms with Gasteiger partial charge in [-0.2, -0.15) is 0 Å². The van der Waals surface area contributed by atoms with Crippen molar-refractivity contribution in [3.8, 4) is 0 Å². The Bertz CT molecular complexity index is 129. The molecule has 0 radical (unpaired) electrons. The number of hydrogen-bond acceptors (Lipinski definition) is 3. The first kappa shape index (κ1) is 12.4. The van der Waals surface area contributed by atoms with Gasteiger partial charge in [-0.15, -0.1) is 0 Å². The molecule has 2 N–H and O–H groups in total. The van der Waals surface area contributed by atoms with Crippen LogP contribution in [0.1, 0.15) is 19.8 Å². The summed E-state index contributed by atoms with van der Waals surface area (Å²) in [6, 6.07) is 0. The van der Waals surface area contributed by atoms with Crippen LogP contribution in [0.15, 0.2) is 0 Å². The third kappa shape index (κ3) is 9.30. The first-order valence-electron chi connectivity index (χ1n) is 4.77. The van der Waals surface area contributed by atoms with Crippen molar-refractivity contribution in [2.45, 2.75) is 19.8 Å². The molecular formula is C9H20N2O2. The molecule has 4 nitrogen and oxygen atoms in total. The number of carbonyl (C=O) groups is 1. The fourth-order valence-corrected chi connectivity index (χ4v) is 0.962. The maximum absolute atomic E-state index is 10.9. The molecule has 0 saturated heterocycles. The van der Waals surface area contributed by atoms with E-state index in [9.17, 15) is 4.79 Å². The highest BCUT2D eigenvalue weighted by atomic mass is 16.5. The van der Waals surface area contributed by atoms with E-state index >= 15 is 0 Å². The number of nitrogens with one attached hydrogen (secondary N) is 2. The number of carbonyl (C=O) groups excluding carboxylic acids is 1. The fourth-order valence-electron chi connectivity index (χ4n) is 0.962. The van der Waals surface area contributed by atoms with Gasteiger partial charge in [-0.25, -0.2) is 0 Å². The summed E-state index contributed by atoms with van der Waals surface area (Å²) in [4.78, 5) is 10.9. The van der Waals surface area contributed by atoms with Crippen LogP contribution in [0.2, 0.25) is 0 Å². The average Bonchev–Trinajstić information content (AvgIpc) is 2.11. The first-order chi connectivity index (χ1) is 6.31. The summed E-state index contributed by atoms with van der Waals surface area (Å²) < 4.78 is 4.67. The van der Waals surface area contributed by atoms with E-state index in [1.807, 2.05) is 0 Å². The standard InChI is InChI=1S/C9H20N2O2/c1-3-10-6-4-5-7-11-9(12)8-13-2/h10H,3-8H2,1-2H3,(H,11,12). The summed E-state index contributed by atoms with van der Waals surface area (Å²) in [7, 11) is 1.52. The SMILES string of the molecule is CCNCCCCNC(=O)COC. The van der Waals surface area contributed by atoms with Crippen molar-refractivity contribution in [3.63, 3.8) is 0 Å². The third-order valence-corrected chi connectivity index (χ3v) is 1.63. The van der Waals surface area contributed by atoms with Crippen molar-refractivity contribution in [2.75, 3.05) is 33.4 Å². The smallest absolute Gasteiger partial charge is 0.245 e. The summed E-state index contributed by atoms with van der Waals surface area (Å²) in [6.07, 6.45) is 2.11. The average molecular weight is 188 g/mol. The molecule has 0 unspecified atom stereocenters. The van der Waals surface area contributed by atoms with Gasteiger partial charge in [-0.05, 0) is 25.9 Å². The van der Waals surface area contributed by atoms with Gasteiger partial charge in [0.15, 0.2) is 0 Å². The van der Waals surface area contributed by atoms with Gasteiger partial charge in [0.2, 0.25) is 5.91 Å². The molecule has 78 valence electrons. The maximum Gasteiger partial charge on any atom is 0.245 e. The van der Waals surface area contributed by atoms with Gasteiger partial charge in [0, 0.05) is 13.7 Å². The van der Waals surface area contributed by atoms with E-state index in [1.165, 1.54) is 7.11 Å². The van der Waals surface area contributed by atoms with E-state index in [-0.39, 0.29) is 12.5 Å². The Hall–Kier alpha value is -0.610. The van der Waals surface area contributed by atoms with Crippen LogP contribution in [0.5, 0.6) is 0 Å². The second-order valence-corrected chi connectivity index (χ2v) is 2.84. The van der Waals surface area contributed by atoms with Gasteiger partial charge in [-0.3, -0.25) is 4.79 Å². The highest BCUT2D eigenvalue weighted by molar-refractivity contribution is 5.77. The van der Waals surface area contributed by atoms with E-state index in [1.54, 1.807) is 0 Å². The summed E-state index contributed by atoms with van der Waals surface area (Å²) in [5.74, 6) is -0.0362. The van der Waals surface area contributed by atoms with E-state index in [0.717, 1.165) is 32.5 Å². The number of unbranched alkanes of at least 4 members (excludes halogenated alkanes) is 1. The monoisotopic (exact) mass is 188 g/mol. The highest BCUT2D eigenvalue weighted by Gasteiger charge is 1.97. The molecule has 4 heteroatoms. The van der Waals surface area contributed by atoms with Crippen molar-refractivity contribution < 1.29 is 9.53 Å². The van der Waals surface area contributed by atoms with E-state index < -0.39 is 0 Å². The lowest BCUT2D eigenvalue weighted by Gasteiger charge is -2.04. The molecule has 0 bridgehead atoms. The van der Waals surface area contributed by atoms with E-state index in [0.29, 0.717) is 0 Å². The Kier molecular flexibility index (Phi) is 9.03. The molecule has 0 aromatic carbocycles. The summed E-state index contributed by atoms with van der Waals surface area (Å²) >= 11 is 0. The number of rotatable bonds is 8. The lowest BCUT2D eigenvalue weighted by Crippen LogP contribution is -2.28. The number of methoxy groups -OCH3 is 1. The molecule has 0 aromatic rings. The molecule has 0 aliphatic heterocycles. The largest absolute Gasteiger partial charge is 0.375 e. The van der Waals surface area contributed by atoms with Gasteiger partial charge in [0.1, 0.15) is 6.61 Å². The van der Waals surface area contributed by atoms with Crippen molar-refractivity contribution in [1.82, 2.24) is 10.6 Å². The molecule has 0 aliphatic carbocycles. The van der Waals surface area contributed by atoms with Crippen LogP contribution >= 0.6 is 0 Å². The van der Waals surface area contributed by atoms with Crippen molar-refractivity contribution in [1.29, 1.82) is 0 Å². The number of amides is 1. The molecule has 0 saturated carbocycles. The minimum absolute atomic E-state index is 0.0362. The normalized spacial score (nSPS) is 10.0. The van der Waals surface area contributed by atoms with Gasteiger partial charge < -0.3 is 15.4 Å². The van der Waals surface area contributed by atoms with Crippen LogP contribution in [0.25, 0.3) is 0 Å². The maximum atomic E-state index is 10.9. The minimum atomic E-state index is -0.0362. The summed E-state index contributed by atoms with van der Waals surface area (Å²) in [5, 5.41) is 5.99. The van der Waals surface area contributed by atoms with E-state index in [2.05, 4.69) is 22.3 Å². The summed E-state index contributed by atoms with van der Waals surface area (Å²) in [6.45, 7) is 5.02. The zero-order chi connectivity index (χ0) is 9.94. The highest BCUT2D eigenvalue weighted by Crippen LogP contribution is 1.84. The number of ether oxygens (including phenoxy) is 1. The zero-order valence-corrected chi connectivity index (χ0v) is 8.56. The quantitative estimate of drug-likeness (QED) is 0.533. The number of hydrogen-bond donors (Lipinski definition) is 2. The van der Waals surface area contributed by atoms with E-state index in [4.69, 9.17) is 0 Å². The van der Waals surface area contributed by atoms with Gasteiger partial charge in [-0.1, -0.05) is 6.92 Å². The Balaban J connectivity index is 3.02. The molecule has 0 aromatic heterocycles. The summed E-state index contributed by atoms with van der Waals surface area (Å²) in [5.41, 5.74) is 0. The predicted octanol–water partition coefficient (Wildman–Crippen LogP) is 0.139. The molecule has 0 atom stereocenters. The van der Waals surface area contributed by atoms with Crippen molar-refractivity contribution in [2.24, 2.45) is 0 Å². The molecule has 0 fully saturated rings. The van der Waals surface area contributed by atoms with Gasteiger partial charge in [0.05, 0.1) is 0 Å². The Morgan fingerprint density at radius 3 is 2.62 bits per heavy atom. The van der Waals surface area contributed by atoms with Gasteiger partial charge in [0.25, 0.3) is 0 Å². The molecule has 0 heterocycles. The van der Waals surface area contributed by atoms with Gasteiger partial charge >= 0.3 is 0 Å².